The van der Waals surface area contributed by atoms with E-state index in [1.165, 1.54) is 12.3 Å². The van der Waals surface area contributed by atoms with Crippen molar-refractivity contribution < 1.29 is 13.9 Å². The minimum absolute atomic E-state index is 0.0247. The zero-order chi connectivity index (χ0) is 15.7. The Kier molecular flexibility index (Phi) is 3.93. The molecule has 0 saturated heterocycles. The fourth-order valence-corrected chi connectivity index (χ4v) is 2.62. The van der Waals surface area contributed by atoms with Gasteiger partial charge in [0, 0.05) is 24.6 Å². The van der Waals surface area contributed by atoms with Crippen LogP contribution < -0.4 is 5.32 Å². The van der Waals surface area contributed by atoms with Crippen LogP contribution in [0, 0.1) is 16.7 Å². The van der Waals surface area contributed by atoms with Gasteiger partial charge in [-0.2, -0.15) is 5.26 Å². The first-order valence-corrected chi connectivity index (χ1v) is 6.85. The van der Waals surface area contributed by atoms with Crippen LogP contribution >= 0.6 is 0 Å². The summed E-state index contributed by atoms with van der Waals surface area (Å²) in [6, 6.07) is 5.29. The minimum atomic E-state index is -0.384. The molecule has 1 heterocycles. The Balaban J connectivity index is 2.07. The zero-order valence-corrected chi connectivity index (χ0v) is 12.8. The van der Waals surface area contributed by atoms with E-state index in [0.717, 1.165) is 6.42 Å². The average Bonchev–Trinajstić information content (AvgIpc) is 2.96. The third-order valence-electron chi connectivity index (χ3n) is 4.78. The van der Waals surface area contributed by atoms with E-state index in [1.807, 2.05) is 26.8 Å². The van der Waals surface area contributed by atoms with Crippen LogP contribution in [0.4, 0.5) is 0 Å². The molecule has 1 aromatic rings. The summed E-state index contributed by atoms with van der Waals surface area (Å²) in [5, 5.41) is 12.0. The molecule has 0 radical (unpaired) electrons. The van der Waals surface area contributed by atoms with Crippen LogP contribution in [-0.4, -0.2) is 24.7 Å². The number of nitriles is 1. The monoisotopic (exact) mass is 288 g/mol. The Morgan fingerprint density at radius 2 is 2.29 bits per heavy atom. The predicted molar refractivity (Wildman–Crippen MR) is 78.0 cm³/mol. The Morgan fingerprint density at radius 1 is 1.57 bits per heavy atom. The second-order valence-electron chi connectivity index (χ2n) is 6.07. The number of amides is 1. The van der Waals surface area contributed by atoms with E-state index in [-0.39, 0.29) is 28.5 Å². The minimum Gasteiger partial charge on any atom is -0.465 e. The van der Waals surface area contributed by atoms with E-state index in [2.05, 4.69) is 5.32 Å². The first-order valence-electron chi connectivity index (χ1n) is 6.85. The molecule has 5 nitrogen and oxygen atoms in total. The van der Waals surface area contributed by atoms with Gasteiger partial charge in [-0.05, 0) is 25.5 Å². The second-order valence-corrected chi connectivity index (χ2v) is 6.07. The number of ether oxygens (including phenoxy) is 1. The van der Waals surface area contributed by atoms with Gasteiger partial charge in [0.25, 0.3) is 5.91 Å². The standard InChI is InChI=1S/C16H20N2O3/c1-15(2)13(9-16(15,3)20-4)18-14(19)11(10-17)8-12-6-5-7-21-12/h5-8,13H,9H2,1-4H3,(H,18,19). The number of rotatable bonds is 4. The maximum Gasteiger partial charge on any atom is 0.262 e. The molecule has 1 fully saturated rings. The number of hydrogen-bond acceptors (Lipinski definition) is 4. The molecule has 1 aliphatic carbocycles. The molecular formula is C16H20N2O3. The van der Waals surface area contributed by atoms with Crippen molar-refractivity contribution in [2.45, 2.75) is 38.8 Å². The maximum absolute atomic E-state index is 12.2. The lowest BCUT2D eigenvalue weighted by Crippen LogP contribution is -2.68. The highest BCUT2D eigenvalue weighted by Crippen LogP contribution is 2.51. The summed E-state index contributed by atoms with van der Waals surface area (Å²) >= 11 is 0. The Bertz CT molecular complexity index is 596. The summed E-state index contributed by atoms with van der Waals surface area (Å²) in [5.74, 6) is 0.0985. The van der Waals surface area contributed by atoms with E-state index in [9.17, 15) is 4.79 Å². The molecule has 21 heavy (non-hydrogen) atoms. The van der Waals surface area contributed by atoms with Gasteiger partial charge in [0.15, 0.2) is 0 Å². The third kappa shape index (κ3) is 2.59. The number of carbonyl (C=O) groups is 1. The van der Waals surface area contributed by atoms with Gasteiger partial charge in [0.05, 0.1) is 11.9 Å². The molecule has 1 saturated carbocycles. The van der Waals surface area contributed by atoms with Gasteiger partial charge >= 0.3 is 0 Å². The van der Waals surface area contributed by atoms with Crippen LogP contribution in [0.3, 0.4) is 0 Å². The van der Waals surface area contributed by atoms with E-state index in [4.69, 9.17) is 14.4 Å². The number of nitrogens with one attached hydrogen (secondary N) is 1. The van der Waals surface area contributed by atoms with Gasteiger partial charge < -0.3 is 14.5 Å². The second kappa shape index (κ2) is 5.38. The smallest absolute Gasteiger partial charge is 0.262 e. The van der Waals surface area contributed by atoms with Gasteiger partial charge in [-0.25, -0.2) is 0 Å². The van der Waals surface area contributed by atoms with Crippen LogP contribution in [0.5, 0.6) is 0 Å². The molecular weight excluding hydrogens is 268 g/mol. The molecule has 1 aromatic heterocycles. The lowest BCUT2D eigenvalue weighted by molar-refractivity contribution is -0.181. The molecule has 2 unspecified atom stereocenters. The highest BCUT2D eigenvalue weighted by Gasteiger charge is 2.58. The van der Waals surface area contributed by atoms with E-state index >= 15 is 0 Å². The topological polar surface area (TPSA) is 75.3 Å². The summed E-state index contributed by atoms with van der Waals surface area (Å²) < 4.78 is 10.7. The van der Waals surface area contributed by atoms with Crippen molar-refractivity contribution in [3.05, 3.63) is 29.7 Å². The van der Waals surface area contributed by atoms with Crippen LogP contribution in [0.25, 0.3) is 6.08 Å². The highest BCUT2D eigenvalue weighted by molar-refractivity contribution is 6.01. The average molecular weight is 288 g/mol. The lowest BCUT2D eigenvalue weighted by atomic mass is 9.56. The van der Waals surface area contributed by atoms with Crippen molar-refractivity contribution in [2.75, 3.05) is 7.11 Å². The number of hydrogen-bond donors (Lipinski definition) is 1. The maximum atomic E-state index is 12.2. The van der Waals surface area contributed by atoms with Crippen LogP contribution in [0.2, 0.25) is 0 Å². The number of methoxy groups -OCH3 is 1. The quantitative estimate of drug-likeness (QED) is 0.682. The van der Waals surface area contributed by atoms with Gasteiger partial charge in [-0.1, -0.05) is 13.8 Å². The number of furan rings is 1. The lowest BCUT2D eigenvalue weighted by Gasteiger charge is -2.59. The molecule has 5 heteroatoms. The van der Waals surface area contributed by atoms with Crippen molar-refractivity contribution >= 4 is 12.0 Å². The zero-order valence-electron chi connectivity index (χ0n) is 12.8. The van der Waals surface area contributed by atoms with E-state index < -0.39 is 0 Å². The molecule has 0 aliphatic heterocycles. The van der Waals surface area contributed by atoms with E-state index in [1.54, 1.807) is 19.2 Å². The van der Waals surface area contributed by atoms with Crippen molar-refractivity contribution in [1.82, 2.24) is 5.32 Å². The van der Waals surface area contributed by atoms with Gasteiger partial charge in [-0.3, -0.25) is 4.79 Å². The van der Waals surface area contributed by atoms with Crippen molar-refractivity contribution in [3.8, 4) is 6.07 Å². The molecule has 1 aliphatic rings. The molecule has 112 valence electrons. The summed E-state index contributed by atoms with van der Waals surface area (Å²) in [7, 11) is 1.68. The van der Waals surface area contributed by atoms with Crippen LogP contribution in [-0.2, 0) is 9.53 Å². The van der Waals surface area contributed by atoms with Gasteiger partial charge in [0.1, 0.15) is 17.4 Å². The Hall–Kier alpha value is -2.06. The molecule has 0 bridgehead atoms. The first kappa shape index (κ1) is 15.3. The van der Waals surface area contributed by atoms with Crippen molar-refractivity contribution in [1.29, 1.82) is 5.26 Å². The molecule has 2 atom stereocenters. The SMILES string of the molecule is COC1(C)CC(NC(=O)C(C#N)=Cc2ccco2)C1(C)C. The first-order chi connectivity index (χ1) is 9.84. The van der Waals surface area contributed by atoms with E-state index in [0.29, 0.717) is 5.76 Å². The summed E-state index contributed by atoms with van der Waals surface area (Å²) in [6.45, 7) is 6.13. The largest absolute Gasteiger partial charge is 0.465 e. The summed E-state index contributed by atoms with van der Waals surface area (Å²) in [4.78, 5) is 12.2. The molecule has 0 spiro atoms. The van der Waals surface area contributed by atoms with Crippen LogP contribution in [0.15, 0.2) is 28.4 Å². The third-order valence-corrected chi connectivity index (χ3v) is 4.78. The van der Waals surface area contributed by atoms with Crippen molar-refractivity contribution in [2.24, 2.45) is 5.41 Å². The van der Waals surface area contributed by atoms with Crippen LogP contribution in [0.1, 0.15) is 33.0 Å². The highest BCUT2D eigenvalue weighted by atomic mass is 16.5. The van der Waals surface area contributed by atoms with Gasteiger partial charge in [-0.15, -0.1) is 0 Å². The Morgan fingerprint density at radius 3 is 2.76 bits per heavy atom. The Labute approximate surface area is 124 Å². The van der Waals surface area contributed by atoms with Gasteiger partial charge in [0.2, 0.25) is 0 Å². The predicted octanol–water partition coefficient (Wildman–Crippen LogP) is 2.51. The number of carbonyl (C=O) groups excluding carboxylic acids is 1. The normalized spacial score (nSPS) is 27.6. The molecule has 0 aromatic carbocycles. The van der Waals surface area contributed by atoms with Crippen molar-refractivity contribution in [3.63, 3.8) is 0 Å². The molecule has 1 amide bonds. The molecule has 2 rings (SSSR count). The number of nitrogens with zero attached hydrogens (tertiary/aromatic N) is 1. The summed E-state index contributed by atoms with van der Waals surface area (Å²) in [6.07, 6.45) is 3.66. The molecule has 1 N–H and O–H groups in total. The summed E-state index contributed by atoms with van der Waals surface area (Å²) in [5.41, 5.74) is -0.419. The fourth-order valence-electron chi connectivity index (χ4n) is 2.62. The fraction of sp³-hybridized carbons (Fsp3) is 0.500.